The molecule has 0 bridgehead atoms. The number of carbonyl (C=O) groups is 3. The predicted molar refractivity (Wildman–Crippen MR) is 151 cm³/mol. The molecule has 2 aromatic rings. The fourth-order valence-corrected chi connectivity index (χ4v) is 5.82. The number of amides is 2. The standard InChI is InChI=1S/C30H40N4O7/c1-5-6-11-34(23-8-7-10-31(3)15-23)27(37)17-33-16-24(21-13-22(18-35)29-26(14-21)40-19-41-29)28(30(38)39)25(33)9-12-32(4)20(2)36/h7-8,10,13-15,24-25,28,35H,5-6,9,11-12,16-19H2,1-4H3/p+1/t24-,25+,28-/m1/s1. The van der Waals surface area contributed by atoms with Crippen LogP contribution in [0.2, 0.25) is 0 Å². The van der Waals surface area contributed by atoms with E-state index in [4.69, 9.17) is 9.47 Å². The van der Waals surface area contributed by atoms with Gasteiger partial charge in [0.05, 0.1) is 19.1 Å². The Kier molecular flexibility index (Phi) is 9.82. The van der Waals surface area contributed by atoms with E-state index in [0.29, 0.717) is 48.7 Å². The zero-order valence-electron chi connectivity index (χ0n) is 24.3. The van der Waals surface area contributed by atoms with Gasteiger partial charge in [-0.15, -0.1) is 0 Å². The number of unbranched alkanes of at least 4 members (excludes halogenated alkanes) is 1. The monoisotopic (exact) mass is 569 g/mol. The number of anilines is 1. The largest absolute Gasteiger partial charge is 0.481 e. The molecule has 3 atom stereocenters. The van der Waals surface area contributed by atoms with E-state index < -0.39 is 23.8 Å². The molecule has 0 radical (unpaired) electrons. The Morgan fingerprint density at radius 2 is 1.98 bits per heavy atom. The van der Waals surface area contributed by atoms with E-state index in [9.17, 15) is 24.6 Å². The van der Waals surface area contributed by atoms with E-state index in [-0.39, 0.29) is 31.8 Å². The lowest BCUT2D eigenvalue weighted by Gasteiger charge is -2.30. The lowest BCUT2D eigenvalue weighted by atomic mass is 9.83. The van der Waals surface area contributed by atoms with Crippen LogP contribution in [0.4, 0.5) is 5.69 Å². The van der Waals surface area contributed by atoms with Gasteiger partial charge < -0.3 is 29.5 Å². The van der Waals surface area contributed by atoms with E-state index in [0.717, 1.165) is 18.5 Å². The van der Waals surface area contributed by atoms with Crippen LogP contribution in [0.25, 0.3) is 0 Å². The third kappa shape index (κ3) is 6.79. The molecule has 1 aromatic heterocycles. The minimum absolute atomic E-state index is 0.0320. The van der Waals surface area contributed by atoms with Crippen LogP contribution in [-0.2, 0) is 28.0 Å². The van der Waals surface area contributed by atoms with Crippen molar-refractivity contribution in [1.29, 1.82) is 0 Å². The third-order valence-corrected chi connectivity index (χ3v) is 8.11. The molecule has 1 saturated heterocycles. The van der Waals surface area contributed by atoms with Crippen LogP contribution in [0.15, 0.2) is 36.7 Å². The van der Waals surface area contributed by atoms with Gasteiger partial charge in [-0.05, 0) is 36.6 Å². The number of carboxylic acid groups (broad SMARTS) is 1. The fraction of sp³-hybridized carbons (Fsp3) is 0.533. The van der Waals surface area contributed by atoms with E-state index in [1.165, 1.54) is 6.92 Å². The molecule has 2 N–H and O–H groups in total. The van der Waals surface area contributed by atoms with Crippen LogP contribution >= 0.6 is 0 Å². The number of hydrogen-bond donors (Lipinski definition) is 2. The molecule has 11 heteroatoms. The topological polar surface area (TPSA) is 124 Å². The first-order chi connectivity index (χ1) is 19.6. The minimum atomic E-state index is -0.971. The molecule has 41 heavy (non-hydrogen) atoms. The molecular weight excluding hydrogens is 528 g/mol. The van der Waals surface area contributed by atoms with E-state index in [1.807, 2.05) is 41.0 Å². The molecule has 1 fully saturated rings. The maximum atomic E-state index is 13.9. The normalized spacial score (nSPS) is 19.8. The lowest BCUT2D eigenvalue weighted by molar-refractivity contribution is -0.670. The van der Waals surface area contributed by atoms with Crippen LogP contribution in [-0.4, -0.2) is 83.9 Å². The average Bonchev–Trinajstić information content (AvgIpc) is 3.56. The number of aryl methyl sites for hydroxylation is 1. The SMILES string of the molecule is CCCCN(C(=O)CN1C[C@H](c2cc(CO)c3c(c2)OCO3)[C@@H](C(=O)O)[C@@H]1CCN(C)C(C)=O)c1ccc[n+](C)c1. The van der Waals surface area contributed by atoms with Crippen LogP contribution in [0, 0.1) is 5.92 Å². The summed E-state index contributed by atoms with van der Waals surface area (Å²) in [5.41, 5.74) is 2.03. The van der Waals surface area contributed by atoms with Gasteiger partial charge in [-0.2, -0.15) is 0 Å². The zero-order valence-corrected chi connectivity index (χ0v) is 24.3. The molecular formula is C30H41N4O7+. The number of aromatic nitrogens is 1. The summed E-state index contributed by atoms with van der Waals surface area (Å²) in [4.78, 5) is 43.9. The van der Waals surface area contributed by atoms with Crippen molar-refractivity contribution in [2.24, 2.45) is 13.0 Å². The molecule has 0 spiro atoms. The first-order valence-electron chi connectivity index (χ1n) is 14.1. The van der Waals surface area contributed by atoms with Crippen molar-refractivity contribution in [3.63, 3.8) is 0 Å². The Bertz CT molecular complexity index is 1270. The van der Waals surface area contributed by atoms with Gasteiger partial charge in [0.25, 0.3) is 0 Å². The van der Waals surface area contributed by atoms with Gasteiger partial charge in [0.1, 0.15) is 12.7 Å². The fourth-order valence-electron chi connectivity index (χ4n) is 5.82. The summed E-state index contributed by atoms with van der Waals surface area (Å²) in [5.74, 6) is -1.56. The number of aliphatic hydroxyl groups is 1. The maximum Gasteiger partial charge on any atom is 0.308 e. The first-order valence-corrected chi connectivity index (χ1v) is 14.1. The zero-order chi connectivity index (χ0) is 29.7. The number of rotatable bonds is 12. The summed E-state index contributed by atoms with van der Waals surface area (Å²) >= 11 is 0. The Labute approximate surface area is 240 Å². The van der Waals surface area contributed by atoms with Gasteiger partial charge in [0.2, 0.25) is 18.6 Å². The van der Waals surface area contributed by atoms with Gasteiger partial charge in [-0.25, -0.2) is 4.57 Å². The molecule has 2 amide bonds. The van der Waals surface area contributed by atoms with Gasteiger partial charge in [0.15, 0.2) is 23.9 Å². The van der Waals surface area contributed by atoms with Crippen molar-refractivity contribution in [2.75, 3.05) is 44.9 Å². The number of likely N-dealkylation sites (tertiary alicyclic amines) is 1. The Morgan fingerprint density at radius 1 is 1.20 bits per heavy atom. The smallest absolute Gasteiger partial charge is 0.308 e. The molecule has 2 aliphatic heterocycles. The molecule has 0 saturated carbocycles. The summed E-state index contributed by atoms with van der Waals surface area (Å²) in [6, 6.07) is 6.86. The highest BCUT2D eigenvalue weighted by atomic mass is 16.7. The van der Waals surface area contributed by atoms with Gasteiger partial charge in [-0.1, -0.05) is 13.3 Å². The summed E-state index contributed by atoms with van der Waals surface area (Å²) in [6.45, 7) is 4.58. The molecule has 2 aliphatic rings. The first kappa shape index (κ1) is 30.3. The Morgan fingerprint density at radius 3 is 2.63 bits per heavy atom. The number of aliphatic carboxylic acids is 1. The third-order valence-electron chi connectivity index (χ3n) is 8.11. The van der Waals surface area contributed by atoms with Gasteiger partial charge in [0, 0.05) is 57.2 Å². The van der Waals surface area contributed by atoms with Crippen molar-refractivity contribution in [3.8, 4) is 11.5 Å². The Balaban J connectivity index is 1.68. The summed E-state index contributed by atoms with van der Waals surface area (Å²) in [7, 11) is 3.59. The lowest BCUT2D eigenvalue weighted by Crippen LogP contribution is -2.46. The number of aliphatic hydroxyl groups excluding tert-OH is 1. The average molecular weight is 570 g/mol. The predicted octanol–water partition coefficient (Wildman–Crippen LogP) is 1.90. The quantitative estimate of drug-likeness (QED) is 0.372. The number of ether oxygens (including phenoxy) is 2. The van der Waals surface area contributed by atoms with Gasteiger partial charge >= 0.3 is 5.97 Å². The number of hydrogen-bond acceptors (Lipinski definition) is 7. The van der Waals surface area contributed by atoms with Crippen LogP contribution in [0.1, 0.15) is 50.2 Å². The number of fused-ring (bicyclic) bond motifs is 1. The van der Waals surface area contributed by atoms with E-state index in [2.05, 4.69) is 6.92 Å². The number of carbonyl (C=O) groups excluding carboxylic acids is 2. The minimum Gasteiger partial charge on any atom is -0.481 e. The maximum absolute atomic E-state index is 13.9. The van der Waals surface area contributed by atoms with Crippen molar-refractivity contribution in [2.45, 2.75) is 51.7 Å². The second-order valence-corrected chi connectivity index (χ2v) is 10.9. The van der Waals surface area contributed by atoms with Crippen molar-refractivity contribution >= 4 is 23.5 Å². The summed E-state index contributed by atoms with van der Waals surface area (Å²) < 4.78 is 13.0. The van der Waals surface area contributed by atoms with Crippen molar-refractivity contribution in [1.82, 2.24) is 9.80 Å². The molecule has 1 aromatic carbocycles. The molecule has 11 nitrogen and oxygen atoms in total. The second-order valence-electron chi connectivity index (χ2n) is 10.9. The highest BCUT2D eigenvalue weighted by Crippen LogP contribution is 2.44. The summed E-state index contributed by atoms with van der Waals surface area (Å²) in [5, 5.41) is 20.5. The van der Waals surface area contributed by atoms with E-state index in [1.54, 1.807) is 29.0 Å². The van der Waals surface area contributed by atoms with Crippen molar-refractivity contribution < 1.29 is 38.6 Å². The number of benzene rings is 1. The molecule has 0 unspecified atom stereocenters. The Hall–Kier alpha value is -3.70. The highest BCUT2D eigenvalue weighted by molar-refractivity contribution is 5.94. The molecule has 3 heterocycles. The number of nitrogens with zero attached hydrogens (tertiary/aromatic N) is 4. The van der Waals surface area contributed by atoms with E-state index >= 15 is 0 Å². The van der Waals surface area contributed by atoms with Crippen LogP contribution < -0.4 is 18.9 Å². The van der Waals surface area contributed by atoms with Crippen LogP contribution in [0.3, 0.4) is 0 Å². The van der Waals surface area contributed by atoms with Gasteiger partial charge in [-0.3, -0.25) is 19.3 Å². The highest BCUT2D eigenvalue weighted by Gasteiger charge is 2.47. The number of carboxylic acids is 1. The van der Waals surface area contributed by atoms with Crippen LogP contribution in [0.5, 0.6) is 11.5 Å². The molecule has 4 rings (SSSR count). The molecule has 222 valence electrons. The second kappa shape index (κ2) is 13.3. The molecule has 0 aliphatic carbocycles. The van der Waals surface area contributed by atoms with Crippen molar-refractivity contribution in [3.05, 3.63) is 47.8 Å². The number of pyridine rings is 1. The summed E-state index contributed by atoms with van der Waals surface area (Å²) in [6.07, 6.45) is 5.96.